The molecule has 7 nitrogen and oxygen atoms in total. The number of hydrogen-bond donors (Lipinski definition) is 2. The number of nitrogens with one attached hydrogen (secondary N) is 2. The topological polar surface area (TPSA) is 101 Å². The first-order valence-corrected chi connectivity index (χ1v) is 7.63. The van der Waals surface area contributed by atoms with Crippen LogP contribution in [0.5, 0.6) is 0 Å². The number of rotatable bonds is 5. The number of aryl methyl sites for hydroxylation is 1. The highest BCUT2D eigenvalue weighted by Crippen LogP contribution is 2.29. The van der Waals surface area contributed by atoms with Gasteiger partial charge in [-0.25, -0.2) is 0 Å². The molecule has 1 aromatic carbocycles. The van der Waals surface area contributed by atoms with Gasteiger partial charge >= 0.3 is 5.69 Å². The van der Waals surface area contributed by atoms with Crippen molar-refractivity contribution in [3.8, 4) is 0 Å². The fourth-order valence-corrected chi connectivity index (χ4v) is 2.66. The van der Waals surface area contributed by atoms with Crippen molar-refractivity contribution in [2.45, 2.75) is 11.9 Å². The summed E-state index contributed by atoms with van der Waals surface area (Å²) in [6.07, 6.45) is 0. The number of amides is 1. The van der Waals surface area contributed by atoms with Crippen LogP contribution >= 0.6 is 27.7 Å². The molecule has 0 saturated heterocycles. The molecule has 0 aliphatic heterocycles. The van der Waals surface area contributed by atoms with Gasteiger partial charge in [0.2, 0.25) is 5.91 Å². The molecule has 110 valence electrons. The van der Waals surface area contributed by atoms with Gasteiger partial charge in [-0.2, -0.15) is 5.10 Å². The molecule has 0 fully saturated rings. The van der Waals surface area contributed by atoms with Crippen LogP contribution in [0.15, 0.2) is 33.8 Å². The number of thioether (sulfide) groups is 1. The van der Waals surface area contributed by atoms with Crippen molar-refractivity contribution in [1.82, 2.24) is 10.2 Å². The molecule has 0 atom stereocenters. The maximum absolute atomic E-state index is 11.8. The van der Waals surface area contributed by atoms with Gasteiger partial charge in [-0.15, -0.1) is 0 Å². The van der Waals surface area contributed by atoms with E-state index in [1.165, 1.54) is 0 Å². The molecule has 0 bridgehead atoms. The van der Waals surface area contributed by atoms with E-state index in [1.807, 2.05) is 12.1 Å². The Hall–Kier alpha value is -1.87. The minimum Gasteiger partial charge on any atom is -0.325 e. The van der Waals surface area contributed by atoms with Crippen molar-refractivity contribution in [2.75, 3.05) is 11.1 Å². The molecule has 0 radical (unpaired) electrons. The quantitative estimate of drug-likeness (QED) is 0.478. The second kappa shape index (κ2) is 6.72. The number of anilines is 1. The summed E-state index contributed by atoms with van der Waals surface area (Å²) >= 11 is 4.33. The molecule has 0 aliphatic rings. The second-order valence-electron chi connectivity index (χ2n) is 4.10. The number of benzene rings is 1. The number of aromatic nitrogens is 2. The summed E-state index contributed by atoms with van der Waals surface area (Å²) in [5, 5.41) is 20.2. The predicted molar refractivity (Wildman–Crippen MR) is 83.5 cm³/mol. The molecule has 1 aromatic heterocycles. The van der Waals surface area contributed by atoms with Crippen LogP contribution in [-0.2, 0) is 4.79 Å². The molecule has 2 N–H and O–H groups in total. The summed E-state index contributed by atoms with van der Waals surface area (Å²) in [6, 6.07) is 7.14. The Labute approximate surface area is 132 Å². The van der Waals surface area contributed by atoms with Crippen LogP contribution in [0.2, 0.25) is 0 Å². The monoisotopic (exact) mass is 370 g/mol. The third kappa shape index (κ3) is 4.05. The summed E-state index contributed by atoms with van der Waals surface area (Å²) in [7, 11) is 0. The first-order chi connectivity index (χ1) is 9.97. The Morgan fingerprint density at radius 1 is 1.48 bits per heavy atom. The van der Waals surface area contributed by atoms with E-state index in [1.54, 1.807) is 19.1 Å². The SMILES string of the molecule is Cc1[nH]nc(SCC(=O)Nc2ccc(Br)cc2)c1[N+](=O)[O-]. The van der Waals surface area contributed by atoms with E-state index in [0.29, 0.717) is 11.4 Å². The van der Waals surface area contributed by atoms with Gasteiger partial charge in [-0.05, 0) is 31.2 Å². The zero-order valence-corrected chi connectivity index (χ0v) is 13.3. The van der Waals surface area contributed by atoms with E-state index in [0.717, 1.165) is 16.2 Å². The average molecular weight is 371 g/mol. The van der Waals surface area contributed by atoms with Gasteiger partial charge in [0, 0.05) is 10.2 Å². The maximum Gasteiger partial charge on any atom is 0.323 e. The second-order valence-corrected chi connectivity index (χ2v) is 5.98. The third-order valence-electron chi connectivity index (χ3n) is 2.53. The largest absolute Gasteiger partial charge is 0.325 e. The fraction of sp³-hybridized carbons (Fsp3) is 0.167. The summed E-state index contributed by atoms with van der Waals surface area (Å²) in [6.45, 7) is 1.57. The Bertz CT molecular complexity index is 672. The Balaban J connectivity index is 1.95. The highest BCUT2D eigenvalue weighted by atomic mass is 79.9. The molecule has 0 saturated carbocycles. The van der Waals surface area contributed by atoms with Crippen LogP contribution in [0.25, 0.3) is 0 Å². The van der Waals surface area contributed by atoms with E-state index in [4.69, 9.17) is 0 Å². The number of nitro groups is 1. The van der Waals surface area contributed by atoms with E-state index < -0.39 is 4.92 Å². The lowest BCUT2D eigenvalue weighted by Gasteiger charge is -2.04. The van der Waals surface area contributed by atoms with Crippen LogP contribution in [0.1, 0.15) is 5.69 Å². The molecule has 2 rings (SSSR count). The first kappa shape index (κ1) is 15.5. The number of hydrogen-bond acceptors (Lipinski definition) is 5. The zero-order valence-electron chi connectivity index (χ0n) is 10.9. The predicted octanol–water partition coefficient (Wildman–Crippen LogP) is 3.12. The molecule has 0 aliphatic carbocycles. The maximum atomic E-state index is 11.8. The minimum atomic E-state index is -0.506. The summed E-state index contributed by atoms with van der Waals surface area (Å²) < 4.78 is 0.914. The van der Waals surface area contributed by atoms with Gasteiger partial charge in [0.25, 0.3) is 0 Å². The van der Waals surface area contributed by atoms with E-state index in [9.17, 15) is 14.9 Å². The average Bonchev–Trinajstić information content (AvgIpc) is 2.80. The van der Waals surface area contributed by atoms with Crippen molar-refractivity contribution < 1.29 is 9.72 Å². The third-order valence-corrected chi connectivity index (χ3v) is 4.03. The van der Waals surface area contributed by atoms with Crippen LogP contribution in [-0.4, -0.2) is 26.8 Å². The number of nitrogens with zero attached hydrogens (tertiary/aromatic N) is 2. The van der Waals surface area contributed by atoms with Gasteiger partial charge in [0.05, 0.1) is 10.7 Å². The number of aromatic amines is 1. The number of carbonyl (C=O) groups excluding carboxylic acids is 1. The minimum absolute atomic E-state index is 0.0429. The molecule has 1 heterocycles. The zero-order chi connectivity index (χ0) is 15.4. The molecular weight excluding hydrogens is 360 g/mol. The molecule has 21 heavy (non-hydrogen) atoms. The first-order valence-electron chi connectivity index (χ1n) is 5.85. The summed E-state index contributed by atoms with van der Waals surface area (Å²) in [5.74, 6) is -0.210. The molecule has 0 spiro atoms. The van der Waals surface area contributed by atoms with Crippen molar-refractivity contribution >= 4 is 45.0 Å². The van der Waals surface area contributed by atoms with Gasteiger partial charge < -0.3 is 5.32 Å². The number of halogens is 1. The van der Waals surface area contributed by atoms with Crippen LogP contribution in [0.4, 0.5) is 11.4 Å². The number of carbonyl (C=O) groups is 1. The lowest BCUT2D eigenvalue weighted by Crippen LogP contribution is -2.14. The normalized spacial score (nSPS) is 10.4. The van der Waals surface area contributed by atoms with Gasteiger partial charge in [-0.3, -0.25) is 20.0 Å². The fourth-order valence-electron chi connectivity index (χ4n) is 1.58. The highest BCUT2D eigenvalue weighted by molar-refractivity contribution is 9.10. The van der Waals surface area contributed by atoms with Crippen molar-refractivity contribution in [1.29, 1.82) is 0 Å². The van der Waals surface area contributed by atoms with E-state index in [2.05, 4.69) is 31.4 Å². The molecule has 9 heteroatoms. The van der Waals surface area contributed by atoms with Gasteiger partial charge in [0.1, 0.15) is 5.69 Å². The van der Waals surface area contributed by atoms with Crippen LogP contribution < -0.4 is 5.32 Å². The van der Waals surface area contributed by atoms with Crippen molar-refractivity contribution in [3.63, 3.8) is 0 Å². The van der Waals surface area contributed by atoms with Crippen molar-refractivity contribution in [2.24, 2.45) is 0 Å². The summed E-state index contributed by atoms with van der Waals surface area (Å²) in [4.78, 5) is 22.2. The lowest BCUT2D eigenvalue weighted by atomic mass is 10.3. The molecule has 1 amide bonds. The van der Waals surface area contributed by atoms with Crippen LogP contribution in [0, 0.1) is 17.0 Å². The van der Waals surface area contributed by atoms with Gasteiger partial charge in [0.15, 0.2) is 5.03 Å². The standard InChI is InChI=1S/C12H11BrN4O3S/c1-7-11(17(19)20)12(16-15-7)21-6-10(18)14-9-4-2-8(13)3-5-9/h2-5H,6H2,1H3,(H,14,18)(H,15,16). The van der Waals surface area contributed by atoms with E-state index >= 15 is 0 Å². The highest BCUT2D eigenvalue weighted by Gasteiger charge is 2.22. The van der Waals surface area contributed by atoms with Crippen LogP contribution in [0.3, 0.4) is 0 Å². The van der Waals surface area contributed by atoms with Crippen molar-refractivity contribution in [3.05, 3.63) is 44.5 Å². The van der Waals surface area contributed by atoms with Gasteiger partial charge in [-0.1, -0.05) is 27.7 Å². The lowest BCUT2D eigenvalue weighted by molar-refractivity contribution is -0.388. The Morgan fingerprint density at radius 3 is 2.76 bits per heavy atom. The molecule has 0 unspecified atom stereocenters. The molecule has 2 aromatic rings. The van der Waals surface area contributed by atoms with E-state index in [-0.39, 0.29) is 22.4 Å². The molecular formula is C12H11BrN4O3S. The number of H-pyrrole nitrogens is 1. The summed E-state index contributed by atoms with van der Waals surface area (Å²) in [5.41, 5.74) is 0.948. The Kier molecular flexibility index (Phi) is 4.97. The Morgan fingerprint density at radius 2 is 2.14 bits per heavy atom. The smallest absolute Gasteiger partial charge is 0.323 e.